The monoisotopic (exact) mass is 300 g/mol. The number of halogens is 1. The predicted octanol–water partition coefficient (Wildman–Crippen LogP) is 4.14. The van der Waals surface area contributed by atoms with Crippen LogP contribution in [-0.4, -0.2) is 9.78 Å². The smallest absolute Gasteiger partial charge is 0.0992 e. The molecule has 1 fully saturated rings. The standard InChI is InChI=1S/C16H17ClN4/c17-15-6-5-12(10-18)9-16(15)19-11-13-7-8-21(20-13)14-3-1-2-4-14/h5-9,14,19H,1-4,11H2. The highest BCUT2D eigenvalue weighted by molar-refractivity contribution is 6.33. The number of hydrogen-bond donors (Lipinski definition) is 1. The second-order valence-corrected chi connectivity index (χ2v) is 5.79. The van der Waals surface area contributed by atoms with Gasteiger partial charge in [-0.05, 0) is 37.1 Å². The van der Waals surface area contributed by atoms with E-state index in [9.17, 15) is 0 Å². The molecule has 1 aromatic heterocycles. The summed E-state index contributed by atoms with van der Waals surface area (Å²) >= 11 is 6.13. The fraction of sp³-hybridized carbons (Fsp3) is 0.375. The summed E-state index contributed by atoms with van der Waals surface area (Å²) in [6.07, 6.45) is 7.11. The van der Waals surface area contributed by atoms with Crippen LogP contribution < -0.4 is 5.32 Å². The molecule has 5 heteroatoms. The van der Waals surface area contributed by atoms with Gasteiger partial charge in [-0.15, -0.1) is 0 Å². The fourth-order valence-electron chi connectivity index (χ4n) is 2.76. The first kappa shape index (κ1) is 14.0. The summed E-state index contributed by atoms with van der Waals surface area (Å²) in [6.45, 7) is 0.605. The maximum absolute atomic E-state index is 8.93. The van der Waals surface area contributed by atoms with Crippen LogP contribution in [0.1, 0.15) is 43.0 Å². The molecule has 1 aromatic carbocycles. The Morgan fingerprint density at radius 2 is 2.14 bits per heavy atom. The lowest BCUT2D eigenvalue weighted by molar-refractivity contribution is 0.463. The largest absolute Gasteiger partial charge is 0.378 e. The Balaban J connectivity index is 1.66. The van der Waals surface area contributed by atoms with Crippen LogP contribution in [0, 0.1) is 11.3 Å². The van der Waals surface area contributed by atoms with Gasteiger partial charge in [-0.25, -0.2) is 0 Å². The van der Waals surface area contributed by atoms with Gasteiger partial charge in [0.15, 0.2) is 0 Å². The number of aromatic nitrogens is 2. The zero-order valence-corrected chi connectivity index (χ0v) is 12.5. The van der Waals surface area contributed by atoms with E-state index in [0.29, 0.717) is 23.2 Å². The quantitative estimate of drug-likeness (QED) is 0.923. The molecular formula is C16H17ClN4. The molecule has 0 amide bonds. The van der Waals surface area contributed by atoms with Crippen LogP contribution in [0.4, 0.5) is 5.69 Å². The number of benzene rings is 1. The predicted molar refractivity (Wildman–Crippen MR) is 83.2 cm³/mol. The van der Waals surface area contributed by atoms with Gasteiger partial charge in [0.05, 0.1) is 40.6 Å². The molecule has 2 aromatic rings. The van der Waals surface area contributed by atoms with Gasteiger partial charge >= 0.3 is 0 Å². The zero-order chi connectivity index (χ0) is 14.7. The summed E-state index contributed by atoms with van der Waals surface area (Å²) in [6, 6.07) is 9.92. The van der Waals surface area contributed by atoms with E-state index >= 15 is 0 Å². The Labute approximate surface area is 129 Å². The zero-order valence-electron chi connectivity index (χ0n) is 11.7. The molecule has 108 valence electrons. The van der Waals surface area contributed by atoms with Crippen molar-refractivity contribution >= 4 is 17.3 Å². The average Bonchev–Trinajstić information content (AvgIpc) is 3.17. The summed E-state index contributed by atoms with van der Waals surface area (Å²) in [5, 5.41) is 17.4. The molecule has 1 aliphatic carbocycles. The molecule has 1 N–H and O–H groups in total. The second-order valence-electron chi connectivity index (χ2n) is 5.39. The molecule has 3 rings (SSSR count). The molecule has 4 nitrogen and oxygen atoms in total. The first-order valence-corrected chi connectivity index (χ1v) is 7.61. The summed E-state index contributed by atoms with van der Waals surface area (Å²) in [4.78, 5) is 0. The highest BCUT2D eigenvalue weighted by atomic mass is 35.5. The highest BCUT2D eigenvalue weighted by Gasteiger charge is 2.17. The van der Waals surface area contributed by atoms with Crippen molar-refractivity contribution in [3.8, 4) is 6.07 Å². The molecule has 0 atom stereocenters. The number of rotatable bonds is 4. The summed E-state index contributed by atoms with van der Waals surface area (Å²) < 4.78 is 2.08. The van der Waals surface area contributed by atoms with Crippen molar-refractivity contribution < 1.29 is 0 Å². The van der Waals surface area contributed by atoms with Crippen LogP contribution in [0.25, 0.3) is 0 Å². The van der Waals surface area contributed by atoms with Crippen LogP contribution in [-0.2, 0) is 6.54 Å². The van der Waals surface area contributed by atoms with E-state index in [1.807, 2.05) is 6.07 Å². The van der Waals surface area contributed by atoms with E-state index < -0.39 is 0 Å². The van der Waals surface area contributed by atoms with Crippen molar-refractivity contribution in [2.24, 2.45) is 0 Å². The summed E-state index contributed by atoms with van der Waals surface area (Å²) in [5.41, 5.74) is 2.35. The minimum absolute atomic E-state index is 0.559. The number of nitrogens with one attached hydrogen (secondary N) is 1. The third-order valence-corrected chi connectivity index (χ3v) is 4.25. The van der Waals surface area contributed by atoms with Crippen molar-refractivity contribution in [3.05, 3.63) is 46.7 Å². The fourth-order valence-corrected chi connectivity index (χ4v) is 2.94. The first-order valence-electron chi connectivity index (χ1n) is 7.24. The summed E-state index contributed by atoms with van der Waals surface area (Å²) in [7, 11) is 0. The molecular weight excluding hydrogens is 284 g/mol. The van der Waals surface area contributed by atoms with Gasteiger partial charge in [-0.3, -0.25) is 4.68 Å². The van der Waals surface area contributed by atoms with E-state index in [-0.39, 0.29) is 0 Å². The van der Waals surface area contributed by atoms with E-state index in [1.165, 1.54) is 25.7 Å². The molecule has 1 saturated carbocycles. The van der Waals surface area contributed by atoms with Crippen molar-refractivity contribution in [3.63, 3.8) is 0 Å². The van der Waals surface area contributed by atoms with Crippen LogP contribution in [0.5, 0.6) is 0 Å². The Kier molecular flexibility index (Phi) is 4.12. The average molecular weight is 301 g/mol. The van der Waals surface area contributed by atoms with E-state index in [0.717, 1.165) is 11.4 Å². The molecule has 1 heterocycles. The van der Waals surface area contributed by atoms with Crippen LogP contribution >= 0.6 is 11.6 Å². The van der Waals surface area contributed by atoms with Crippen molar-refractivity contribution in [2.75, 3.05) is 5.32 Å². The van der Waals surface area contributed by atoms with E-state index in [1.54, 1.807) is 18.2 Å². The second kappa shape index (κ2) is 6.19. The van der Waals surface area contributed by atoms with E-state index in [2.05, 4.69) is 27.4 Å². The van der Waals surface area contributed by atoms with Gasteiger partial charge < -0.3 is 5.32 Å². The summed E-state index contributed by atoms with van der Waals surface area (Å²) in [5.74, 6) is 0. The normalized spacial score (nSPS) is 15.0. The van der Waals surface area contributed by atoms with Gasteiger partial charge in [0, 0.05) is 6.20 Å². The molecule has 0 bridgehead atoms. The van der Waals surface area contributed by atoms with Gasteiger partial charge in [0.25, 0.3) is 0 Å². The number of nitriles is 1. The van der Waals surface area contributed by atoms with Crippen molar-refractivity contribution in [1.29, 1.82) is 5.26 Å². The van der Waals surface area contributed by atoms with Crippen LogP contribution in [0.2, 0.25) is 5.02 Å². The first-order chi connectivity index (χ1) is 10.3. The number of nitrogens with zero attached hydrogens (tertiary/aromatic N) is 3. The molecule has 0 radical (unpaired) electrons. The van der Waals surface area contributed by atoms with Gasteiger partial charge in [-0.1, -0.05) is 24.4 Å². The highest BCUT2D eigenvalue weighted by Crippen LogP contribution is 2.29. The molecule has 0 saturated heterocycles. The lowest BCUT2D eigenvalue weighted by Crippen LogP contribution is -2.07. The number of anilines is 1. The minimum Gasteiger partial charge on any atom is -0.378 e. The third kappa shape index (κ3) is 3.20. The van der Waals surface area contributed by atoms with Gasteiger partial charge in [0.2, 0.25) is 0 Å². The Hall–Kier alpha value is -1.99. The van der Waals surface area contributed by atoms with Crippen LogP contribution in [0.3, 0.4) is 0 Å². The Bertz CT molecular complexity index is 665. The maximum Gasteiger partial charge on any atom is 0.0992 e. The molecule has 0 unspecified atom stereocenters. The molecule has 0 spiro atoms. The third-order valence-electron chi connectivity index (χ3n) is 3.92. The molecule has 1 aliphatic rings. The van der Waals surface area contributed by atoms with Crippen molar-refractivity contribution in [1.82, 2.24) is 9.78 Å². The topological polar surface area (TPSA) is 53.6 Å². The van der Waals surface area contributed by atoms with Crippen LogP contribution in [0.15, 0.2) is 30.5 Å². The van der Waals surface area contributed by atoms with E-state index in [4.69, 9.17) is 16.9 Å². The Morgan fingerprint density at radius 1 is 1.33 bits per heavy atom. The molecule has 0 aliphatic heterocycles. The van der Waals surface area contributed by atoms with Gasteiger partial charge in [-0.2, -0.15) is 10.4 Å². The Morgan fingerprint density at radius 3 is 2.90 bits per heavy atom. The van der Waals surface area contributed by atoms with Gasteiger partial charge in [0.1, 0.15) is 0 Å². The SMILES string of the molecule is N#Cc1ccc(Cl)c(NCc2ccn(C3CCCC3)n2)c1. The minimum atomic E-state index is 0.559. The lowest BCUT2D eigenvalue weighted by Gasteiger charge is -2.09. The lowest BCUT2D eigenvalue weighted by atomic mass is 10.2. The number of hydrogen-bond acceptors (Lipinski definition) is 3. The van der Waals surface area contributed by atoms with Crippen molar-refractivity contribution in [2.45, 2.75) is 38.3 Å². The maximum atomic E-state index is 8.93. The molecule has 21 heavy (non-hydrogen) atoms.